The van der Waals surface area contributed by atoms with Gasteiger partial charge >= 0.3 is 0 Å². The van der Waals surface area contributed by atoms with Crippen molar-refractivity contribution in [2.75, 3.05) is 25.5 Å². The van der Waals surface area contributed by atoms with Crippen molar-refractivity contribution in [3.05, 3.63) is 40.3 Å². The standard InChI is InChI=1S/C19H25N3O2S/c1-14-18(25-13-20-14)7-8-19(23)21-15-3-5-16(6-4-15)24-17-9-11-22(2)12-10-17/h3-6,13,17H,7-12H2,1-2H3,(H,21,23). The molecule has 0 spiro atoms. The van der Waals surface area contributed by atoms with Gasteiger partial charge in [0.2, 0.25) is 5.91 Å². The number of nitrogens with one attached hydrogen (secondary N) is 1. The Morgan fingerprint density at radius 3 is 2.68 bits per heavy atom. The fourth-order valence-corrected chi connectivity index (χ4v) is 3.71. The van der Waals surface area contributed by atoms with Crippen LogP contribution in [-0.2, 0) is 11.2 Å². The van der Waals surface area contributed by atoms with E-state index in [1.54, 1.807) is 11.3 Å². The van der Waals surface area contributed by atoms with Gasteiger partial charge < -0.3 is 15.0 Å². The number of carbonyl (C=O) groups is 1. The Hall–Kier alpha value is -1.92. The molecule has 5 nitrogen and oxygen atoms in total. The van der Waals surface area contributed by atoms with E-state index in [0.717, 1.165) is 49.5 Å². The average Bonchev–Trinajstić information content (AvgIpc) is 3.02. The molecule has 1 aliphatic rings. The van der Waals surface area contributed by atoms with Crippen molar-refractivity contribution >= 4 is 22.9 Å². The van der Waals surface area contributed by atoms with Crippen LogP contribution in [0.5, 0.6) is 5.75 Å². The first-order chi connectivity index (χ1) is 12.1. The summed E-state index contributed by atoms with van der Waals surface area (Å²) < 4.78 is 6.03. The van der Waals surface area contributed by atoms with Crippen LogP contribution in [0.3, 0.4) is 0 Å². The first-order valence-corrected chi connectivity index (χ1v) is 9.62. The number of amides is 1. The fraction of sp³-hybridized carbons (Fsp3) is 0.474. The summed E-state index contributed by atoms with van der Waals surface area (Å²) in [4.78, 5) is 19.8. The second-order valence-corrected chi connectivity index (χ2v) is 7.49. The molecular weight excluding hydrogens is 334 g/mol. The van der Waals surface area contributed by atoms with Gasteiger partial charge in [-0.05, 0) is 57.5 Å². The summed E-state index contributed by atoms with van der Waals surface area (Å²) in [7, 11) is 2.14. The lowest BCUT2D eigenvalue weighted by molar-refractivity contribution is -0.116. The van der Waals surface area contributed by atoms with Gasteiger partial charge in [-0.3, -0.25) is 4.79 Å². The number of thiazole rings is 1. The lowest BCUT2D eigenvalue weighted by Crippen LogP contribution is -2.35. The molecule has 0 bridgehead atoms. The Bertz CT molecular complexity index is 691. The van der Waals surface area contributed by atoms with Crippen LogP contribution in [0.1, 0.15) is 29.8 Å². The third kappa shape index (κ3) is 5.28. The Morgan fingerprint density at radius 2 is 2.04 bits per heavy atom. The molecule has 1 N–H and O–H groups in total. The second-order valence-electron chi connectivity index (χ2n) is 6.55. The Morgan fingerprint density at radius 1 is 1.32 bits per heavy atom. The number of piperidine rings is 1. The lowest BCUT2D eigenvalue weighted by Gasteiger charge is -2.29. The number of rotatable bonds is 6. The highest BCUT2D eigenvalue weighted by Gasteiger charge is 2.17. The summed E-state index contributed by atoms with van der Waals surface area (Å²) in [5, 5.41) is 2.94. The molecule has 1 saturated heterocycles. The molecule has 3 rings (SSSR count). The average molecular weight is 359 g/mol. The van der Waals surface area contributed by atoms with Crippen molar-refractivity contribution < 1.29 is 9.53 Å². The first kappa shape index (κ1) is 17.9. The second kappa shape index (κ2) is 8.45. The SMILES string of the molecule is Cc1ncsc1CCC(=O)Nc1ccc(OC2CCN(C)CC2)cc1. The van der Waals surface area contributed by atoms with Crippen molar-refractivity contribution in [2.45, 2.75) is 38.7 Å². The minimum atomic E-state index is 0.0248. The number of carbonyl (C=O) groups excluding carboxylic acids is 1. The Balaban J connectivity index is 1.45. The predicted molar refractivity (Wildman–Crippen MR) is 101 cm³/mol. The van der Waals surface area contributed by atoms with Gasteiger partial charge in [0.25, 0.3) is 0 Å². The summed E-state index contributed by atoms with van der Waals surface area (Å²) >= 11 is 1.61. The van der Waals surface area contributed by atoms with Crippen LogP contribution in [0.15, 0.2) is 29.8 Å². The van der Waals surface area contributed by atoms with Crippen LogP contribution in [0.4, 0.5) is 5.69 Å². The summed E-state index contributed by atoms with van der Waals surface area (Å²) in [5.74, 6) is 0.893. The number of anilines is 1. The molecule has 0 saturated carbocycles. The zero-order valence-corrected chi connectivity index (χ0v) is 15.6. The molecule has 25 heavy (non-hydrogen) atoms. The molecule has 6 heteroatoms. The van der Waals surface area contributed by atoms with Gasteiger partial charge in [-0.25, -0.2) is 4.98 Å². The van der Waals surface area contributed by atoms with E-state index in [1.165, 1.54) is 4.88 Å². The van der Waals surface area contributed by atoms with Gasteiger partial charge in [0.1, 0.15) is 11.9 Å². The maximum Gasteiger partial charge on any atom is 0.224 e. The highest BCUT2D eigenvalue weighted by atomic mass is 32.1. The maximum absolute atomic E-state index is 12.1. The van der Waals surface area contributed by atoms with Gasteiger partial charge in [0.15, 0.2) is 0 Å². The normalized spacial score (nSPS) is 15.9. The van der Waals surface area contributed by atoms with Gasteiger partial charge in [-0.2, -0.15) is 0 Å². The van der Waals surface area contributed by atoms with Gasteiger partial charge in [0, 0.05) is 30.1 Å². The minimum absolute atomic E-state index is 0.0248. The van der Waals surface area contributed by atoms with Crippen LogP contribution >= 0.6 is 11.3 Å². The van der Waals surface area contributed by atoms with Gasteiger partial charge in [-0.15, -0.1) is 11.3 Å². The van der Waals surface area contributed by atoms with E-state index in [-0.39, 0.29) is 5.91 Å². The molecule has 0 unspecified atom stereocenters. The molecule has 0 aliphatic carbocycles. The number of hydrogen-bond acceptors (Lipinski definition) is 5. The van der Waals surface area contributed by atoms with Gasteiger partial charge in [-0.1, -0.05) is 0 Å². The smallest absolute Gasteiger partial charge is 0.224 e. The van der Waals surface area contributed by atoms with E-state index in [1.807, 2.05) is 36.7 Å². The summed E-state index contributed by atoms with van der Waals surface area (Å²) in [6, 6.07) is 7.67. The minimum Gasteiger partial charge on any atom is -0.490 e. The molecule has 134 valence electrons. The van der Waals surface area contributed by atoms with E-state index in [4.69, 9.17) is 4.74 Å². The largest absolute Gasteiger partial charge is 0.490 e. The van der Waals surface area contributed by atoms with E-state index < -0.39 is 0 Å². The van der Waals surface area contributed by atoms with Crippen LogP contribution in [-0.4, -0.2) is 42.0 Å². The summed E-state index contributed by atoms with van der Waals surface area (Å²) in [5.41, 5.74) is 3.65. The van der Waals surface area contributed by atoms with Crippen molar-refractivity contribution in [3.8, 4) is 5.75 Å². The third-order valence-corrected chi connectivity index (χ3v) is 5.53. The quantitative estimate of drug-likeness (QED) is 0.858. The van der Waals surface area contributed by atoms with Crippen LogP contribution in [0, 0.1) is 6.92 Å². The monoisotopic (exact) mass is 359 g/mol. The number of ether oxygens (including phenoxy) is 1. The van der Waals surface area contributed by atoms with Crippen molar-refractivity contribution in [1.29, 1.82) is 0 Å². The number of aryl methyl sites for hydroxylation is 2. The molecule has 2 heterocycles. The number of nitrogens with zero attached hydrogens (tertiary/aromatic N) is 2. The van der Waals surface area contributed by atoms with Crippen molar-refractivity contribution in [3.63, 3.8) is 0 Å². The molecule has 1 aliphatic heterocycles. The van der Waals surface area contributed by atoms with Gasteiger partial charge in [0.05, 0.1) is 11.2 Å². The number of aromatic nitrogens is 1. The first-order valence-electron chi connectivity index (χ1n) is 8.74. The zero-order chi connectivity index (χ0) is 17.6. The van der Waals surface area contributed by atoms with Crippen molar-refractivity contribution in [2.24, 2.45) is 0 Å². The summed E-state index contributed by atoms with van der Waals surface area (Å²) in [6.07, 6.45) is 3.62. The molecule has 0 atom stereocenters. The Kier molecular flexibility index (Phi) is 6.04. The zero-order valence-electron chi connectivity index (χ0n) is 14.8. The number of hydrogen-bond donors (Lipinski definition) is 1. The Labute approximate surface area is 153 Å². The fourth-order valence-electron chi connectivity index (χ4n) is 2.93. The predicted octanol–water partition coefficient (Wildman–Crippen LogP) is 3.50. The van der Waals surface area contributed by atoms with E-state index in [9.17, 15) is 4.79 Å². The molecule has 0 radical (unpaired) electrons. The molecule has 1 amide bonds. The summed E-state index contributed by atoms with van der Waals surface area (Å²) in [6.45, 7) is 4.14. The number of likely N-dealkylation sites (tertiary alicyclic amines) is 1. The van der Waals surface area contributed by atoms with Crippen molar-refractivity contribution in [1.82, 2.24) is 9.88 Å². The van der Waals surface area contributed by atoms with Crippen LogP contribution < -0.4 is 10.1 Å². The third-order valence-electron chi connectivity index (χ3n) is 4.53. The van der Waals surface area contributed by atoms with Crippen LogP contribution in [0.25, 0.3) is 0 Å². The molecule has 1 aromatic heterocycles. The topological polar surface area (TPSA) is 54.5 Å². The maximum atomic E-state index is 12.1. The van der Waals surface area contributed by atoms with E-state index in [0.29, 0.717) is 12.5 Å². The van der Waals surface area contributed by atoms with Crippen LogP contribution in [0.2, 0.25) is 0 Å². The number of benzene rings is 1. The van der Waals surface area contributed by atoms with E-state index in [2.05, 4.69) is 22.2 Å². The highest BCUT2D eigenvalue weighted by Crippen LogP contribution is 2.21. The molecule has 2 aromatic rings. The van der Waals surface area contributed by atoms with E-state index >= 15 is 0 Å². The molecule has 1 fully saturated rings. The highest BCUT2D eigenvalue weighted by molar-refractivity contribution is 7.09. The molecular formula is C19H25N3O2S. The molecule has 1 aromatic carbocycles. The lowest BCUT2D eigenvalue weighted by atomic mass is 10.1.